The summed E-state index contributed by atoms with van der Waals surface area (Å²) in [6, 6.07) is 12.4. The zero-order valence-electron chi connectivity index (χ0n) is 15.4. The predicted molar refractivity (Wildman–Crippen MR) is 105 cm³/mol. The van der Waals surface area contributed by atoms with E-state index < -0.39 is 0 Å². The lowest BCUT2D eigenvalue weighted by molar-refractivity contribution is 0.946. The molecule has 0 fully saturated rings. The van der Waals surface area contributed by atoms with Crippen LogP contribution in [0, 0.1) is 27.7 Å². The third-order valence-corrected chi connectivity index (χ3v) is 4.81. The number of imidazole rings is 1. The third-order valence-electron chi connectivity index (χ3n) is 4.81. The minimum atomic E-state index is -0.118. The van der Waals surface area contributed by atoms with Crippen molar-refractivity contribution in [1.82, 2.24) is 14.0 Å². The van der Waals surface area contributed by atoms with Crippen LogP contribution in [0.1, 0.15) is 22.3 Å². The van der Waals surface area contributed by atoms with Crippen molar-refractivity contribution < 1.29 is 0 Å². The molecule has 2 heterocycles. The molecule has 2 aromatic carbocycles. The molecule has 26 heavy (non-hydrogen) atoms. The van der Waals surface area contributed by atoms with Gasteiger partial charge in [-0.1, -0.05) is 18.2 Å². The molecule has 4 nitrogen and oxygen atoms in total. The Morgan fingerprint density at radius 2 is 1.58 bits per heavy atom. The van der Waals surface area contributed by atoms with Gasteiger partial charge in [0.1, 0.15) is 0 Å². The lowest BCUT2D eigenvalue weighted by Gasteiger charge is -2.08. The average Bonchev–Trinajstić information content (AvgIpc) is 3.02. The smallest absolute Gasteiger partial charge is 0.298 e. The highest BCUT2D eigenvalue weighted by Crippen LogP contribution is 2.21. The summed E-state index contributed by atoms with van der Waals surface area (Å²) in [4.78, 5) is 17.6. The Morgan fingerprint density at radius 1 is 0.846 bits per heavy atom. The first-order valence-corrected chi connectivity index (χ1v) is 8.69. The standard InChI is InChI=1S/C22H21N3O/c1-14-9-15(2)11-19(10-14)25-8-7-24-13-20(23-21(24)22(25)26)18-6-5-16(3)17(4)12-18/h5-13H,1-4H3. The number of aryl methyl sites for hydroxylation is 4. The van der Waals surface area contributed by atoms with Gasteiger partial charge in [0.05, 0.1) is 5.69 Å². The van der Waals surface area contributed by atoms with Gasteiger partial charge in [-0.15, -0.1) is 0 Å². The number of benzene rings is 2. The fourth-order valence-electron chi connectivity index (χ4n) is 3.31. The van der Waals surface area contributed by atoms with Crippen LogP contribution in [-0.2, 0) is 0 Å². The molecule has 0 atom stereocenters. The second-order valence-electron chi connectivity index (χ2n) is 6.98. The van der Waals surface area contributed by atoms with E-state index in [0.717, 1.165) is 28.1 Å². The van der Waals surface area contributed by atoms with Crippen molar-refractivity contribution in [3.63, 3.8) is 0 Å². The second kappa shape index (κ2) is 5.99. The summed E-state index contributed by atoms with van der Waals surface area (Å²) in [5.41, 5.74) is 7.73. The van der Waals surface area contributed by atoms with Crippen LogP contribution in [0.25, 0.3) is 22.6 Å². The van der Waals surface area contributed by atoms with Gasteiger partial charge in [-0.05, 0) is 68.1 Å². The Balaban J connectivity index is 1.88. The lowest BCUT2D eigenvalue weighted by atomic mass is 10.1. The van der Waals surface area contributed by atoms with Crippen molar-refractivity contribution in [3.05, 3.63) is 87.6 Å². The molecule has 0 radical (unpaired) electrons. The second-order valence-corrected chi connectivity index (χ2v) is 6.98. The Hall–Kier alpha value is -3.14. The van der Waals surface area contributed by atoms with Crippen LogP contribution in [-0.4, -0.2) is 14.0 Å². The van der Waals surface area contributed by atoms with Crippen molar-refractivity contribution in [2.45, 2.75) is 27.7 Å². The molecule has 4 aromatic rings. The lowest BCUT2D eigenvalue weighted by Crippen LogP contribution is -2.20. The molecule has 2 aromatic heterocycles. The number of rotatable bonds is 2. The molecule has 0 spiro atoms. The maximum Gasteiger partial charge on any atom is 0.298 e. The fraction of sp³-hybridized carbons (Fsp3) is 0.182. The van der Waals surface area contributed by atoms with Gasteiger partial charge in [0.15, 0.2) is 0 Å². The molecule has 0 aliphatic rings. The monoisotopic (exact) mass is 343 g/mol. The molecule has 0 saturated carbocycles. The van der Waals surface area contributed by atoms with Crippen LogP contribution >= 0.6 is 0 Å². The van der Waals surface area contributed by atoms with Gasteiger partial charge in [-0.3, -0.25) is 9.36 Å². The minimum absolute atomic E-state index is 0.118. The molecule has 0 aliphatic carbocycles. The largest absolute Gasteiger partial charge is 0.300 e. The van der Waals surface area contributed by atoms with E-state index in [9.17, 15) is 4.79 Å². The summed E-state index contributed by atoms with van der Waals surface area (Å²) in [5.74, 6) is 0. The number of aromatic nitrogens is 3. The summed E-state index contributed by atoms with van der Waals surface area (Å²) in [5, 5.41) is 0. The average molecular weight is 343 g/mol. The third kappa shape index (κ3) is 2.73. The molecule has 130 valence electrons. The van der Waals surface area contributed by atoms with Crippen LogP contribution in [0.2, 0.25) is 0 Å². The van der Waals surface area contributed by atoms with Gasteiger partial charge in [0, 0.05) is 29.8 Å². The van der Waals surface area contributed by atoms with Gasteiger partial charge < -0.3 is 4.40 Å². The SMILES string of the molecule is Cc1cc(C)cc(-n2ccn3cc(-c4ccc(C)c(C)c4)nc3c2=O)c1. The van der Waals surface area contributed by atoms with Gasteiger partial charge >= 0.3 is 0 Å². The van der Waals surface area contributed by atoms with Gasteiger partial charge in [0.2, 0.25) is 5.65 Å². The normalized spacial score (nSPS) is 11.2. The molecule has 4 heteroatoms. The maximum atomic E-state index is 13.0. The van der Waals surface area contributed by atoms with E-state index in [4.69, 9.17) is 0 Å². The summed E-state index contributed by atoms with van der Waals surface area (Å²) < 4.78 is 3.46. The molecule has 0 unspecified atom stereocenters. The van der Waals surface area contributed by atoms with E-state index in [1.165, 1.54) is 11.1 Å². The van der Waals surface area contributed by atoms with E-state index in [2.05, 4.69) is 37.0 Å². The van der Waals surface area contributed by atoms with E-state index in [-0.39, 0.29) is 5.56 Å². The van der Waals surface area contributed by atoms with E-state index in [1.54, 1.807) is 15.2 Å². The molecule has 0 bridgehead atoms. The molecule has 0 aliphatic heterocycles. The predicted octanol–water partition coefficient (Wildman–Crippen LogP) is 4.39. The highest BCUT2D eigenvalue weighted by molar-refractivity contribution is 5.64. The summed E-state index contributed by atoms with van der Waals surface area (Å²) >= 11 is 0. The van der Waals surface area contributed by atoms with Crippen LogP contribution < -0.4 is 5.56 Å². The minimum Gasteiger partial charge on any atom is -0.300 e. The summed E-state index contributed by atoms with van der Waals surface area (Å²) in [7, 11) is 0. The topological polar surface area (TPSA) is 39.3 Å². The van der Waals surface area contributed by atoms with Gasteiger partial charge in [0.25, 0.3) is 5.56 Å². The zero-order chi connectivity index (χ0) is 18.4. The zero-order valence-corrected chi connectivity index (χ0v) is 15.4. The van der Waals surface area contributed by atoms with E-state index in [1.807, 2.05) is 44.4 Å². The fourth-order valence-corrected chi connectivity index (χ4v) is 3.31. The highest BCUT2D eigenvalue weighted by atomic mass is 16.1. The quantitative estimate of drug-likeness (QED) is 0.542. The van der Waals surface area contributed by atoms with Gasteiger partial charge in [-0.2, -0.15) is 0 Å². The Labute approximate surface area is 152 Å². The number of fused-ring (bicyclic) bond motifs is 1. The van der Waals surface area contributed by atoms with Crippen LogP contribution in [0.5, 0.6) is 0 Å². The highest BCUT2D eigenvalue weighted by Gasteiger charge is 2.11. The van der Waals surface area contributed by atoms with Crippen molar-refractivity contribution in [2.24, 2.45) is 0 Å². The Morgan fingerprint density at radius 3 is 2.27 bits per heavy atom. The Bertz CT molecular complexity index is 1180. The molecular weight excluding hydrogens is 322 g/mol. The molecular formula is C22H21N3O. The molecule has 0 saturated heterocycles. The first-order chi connectivity index (χ1) is 12.4. The van der Waals surface area contributed by atoms with Crippen molar-refractivity contribution >= 4 is 5.65 Å². The summed E-state index contributed by atoms with van der Waals surface area (Å²) in [6.07, 6.45) is 5.59. The van der Waals surface area contributed by atoms with Crippen LogP contribution in [0.3, 0.4) is 0 Å². The Kier molecular flexibility index (Phi) is 3.76. The number of hydrogen-bond donors (Lipinski definition) is 0. The van der Waals surface area contributed by atoms with E-state index in [0.29, 0.717) is 5.65 Å². The molecule has 0 amide bonds. The number of nitrogens with zero attached hydrogens (tertiary/aromatic N) is 3. The van der Waals surface area contributed by atoms with Crippen LogP contribution in [0.15, 0.2) is 59.8 Å². The van der Waals surface area contributed by atoms with Crippen LogP contribution in [0.4, 0.5) is 0 Å². The first-order valence-electron chi connectivity index (χ1n) is 8.69. The number of hydrogen-bond acceptors (Lipinski definition) is 2. The van der Waals surface area contributed by atoms with Crippen molar-refractivity contribution in [1.29, 1.82) is 0 Å². The van der Waals surface area contributed by atoms with Crippen molar-refractivity contribution in [2.75, 3.05) is 0 Å². The molecule has 0 N–H and O–H groups in total. The molecule has 4 rings (SSSR count). The first kappa shape index (κ1) is 16.3. The van der Waals surface area contributed by atoms with Gasteiger partial charge in [-0.25, -0.2) is 4.98 Å². The van der Waals surface area contributed by atoms with E-state index >= 15 is 0 Å². The summed E-state index contributed by atoms with van der Waals surface area (Å²) in [6.45, 7) is 8.24. The maximum absolute atomic E-state index is 13.0. The van der Waals surface area contributed by atoms with Crippen molar-refractivity contribution in [3.8, 4) is 16.9 Å².